The molecule has 160 valence electrons. The highest BCUT2D eigenvalue weighted by Gasteiger charge is 2.30. The van der Waals surface area contributed by atoms with Gasteiger partial charge < -0.3 is 10.2 Å². The molecule has 1 saturated heterocycles. The zero-order valence-corrected chi connectivity index (χ0v) is 18.8. The maximum absolute atomic E-state index is 4.55. The molecule has 1 fully saturated rings. The molecule has 0 saturated carbocycles. The van der Waals surface area contributed by atoms with Crippen molar-refractivity contribution in [3.05, 3.63) is 83.7 Å². The lowest BCUT2D eigenvalue weighted by Crippen LogP contribution is -2.24. The minimum atomic E-state index is 0.347. The largest absolute Gasteiger partial charge is 0.373 e. The van der Waals surface area contributed by atoms with Gasteiger partial charge in [-0.05, 0) is 36.0 Å². The van der Waals surface area contributed by atoms with Crippen molar-refractivity contribution in [3.63, 3.8) is 0 Å². The van der Waals surface area contributed by atoms with E-state index < -0.39 is 0 Å². The molecule has 0 spiro atoms. The topological polar surface area (TPSA) is 44.0 Å². The molecule has 1 aliphatic rings. The van der Waals surface area contributed by atoms with Gasteiger partial charge in [-0.2, -0.15) is 5.10 Å². The summed E-state index contributed by atoms with van der Waals surface area (Å²) in [4.78, 5) is 2.48. The van der Waals surface area contributed by atoms with Crippen molar-refractivity contribution in [3.8, 4) is 11.3 Å². The van der Waals surface area contributed by atoms with Crippen LogP contribution >= 0.6 is 0 Å². The van der Waals surface area contributed by atoms with Crippen LogP contribution in [0, 0.1) is 5.41 Å². The van der Waals surface area contributed by atoms with Crippen LogP contribution in [0.15, 0.2) is 66.9 Å². The van der Waals surface area contributed by atoms with Crippen LogP contribution in [0.2, 0.25) is 0 Å². The molecule has 0 aliphatic carbocycles. The minimum Gasteiger partial charge on any atom is -0.373 e. The van der Waals surface area contributed by atoms with Crippen molar-refractivity contribution >= 4 is 11.4 Å². The van der Waals surface area contributed by atoms with Gasteiger partial charge in [-0.3, -0.25) is 5.10 Å². The SMILES string of the molecule is C=C=C(NCc1cc(-c2ccccc2CC)n[nH]1)c1ccccc1N1CCC(C)(C)C1. The van der Waals surface area contributed by atoms with Crippen LogP contribution in [0.1, 0.15) is 44.0 Å². The quantitative estimate of drug-likeness (QED) is 0.483. The lowest BCUT2D eigenvalue weighted by Gasteiger charge is -2.24. The van der Waals surface area contributed by atoms with Crippen molar-refractivity contribution in [2.45, 2.75) is 40.2 Å². The third kappa shape index (κ3) is 4.60. The molecular formula is C27H32N4. The second kappa shape index (κ2) is 8.87. The van der Waals surface area contributed by atoms with Crippen LogP contribution in [0.3, 0.4) is 0 Å². The van der Waals surface area contributed by atoms with Gasteiger partial charge in [0.1, 0.15) is 0 Å². The Morgan fingerprint density at radius 3 is 2.71 bits per heavy atom. The molecule has 4 rings (SSSR count). The molecule has 1 aromatic heterocycles. The lowest BCUT2D eigenvalue weighted by atomic mass is 9.93. The van der Waals surface area contributed by atoms with Gasteiger partial charge in [-0.1, -0.05) is 69.8 Å². The lowest BCUT2D eigenvalue weighted by molar-refractivity contribution is 0.418. The molecule has 0 atom stereocenters. The van der Waals surface area contributed by atoms with Gasteiger partial charge in [0.2, 0.25) is 0 Å². The average Bonchev–Trinajstić information content (AvgIpc) is 3.40. The number of nitrogens with one attached hydrogen (secondary N) is 2. The summed E-state index contributed by atoms with van der Waals surface area (Å²) < 4.78 is 0. The highest BCUT2D eigenvalue weighted by Crippen LogP contribution is 2.35. The number of benzene rings is 2. The number of aromatic amines is 1. The van der Waals surface area contributed by atoms with E-state index in [-0.39, 0.29) is 0 Å². The molecule has 2 heterocycles. The zero-order chi connectivity index (χ0) is 21.8. The summed E-state index contributed by atoms with van der Waals surface area (Å²) in [5.41, 5.74) is 11.3. The summed E-state index contributed by atoms with van der Waals surface area (Å²) in [7, 11) is 0. The Balaban J connectivity index is 1.51. The number of anilines is 1. The number of para-hydroxylation sites is 1. The van der Waals surface area contributed by atoms with Gasteiger partial charge in [0.25, 0.3) is 0 Å². The molecule has 2 N–H and O–H groups in total. The van der Waals surface area contributed by atoms with Gasteiger partial charge in [0.05, 0.1) is 23.6 Å². The van der Waals surface area contributed by atoms with Crippen LogP contribution < -0.4 is 10.2 Å². The maximum atomic E-state index is 4.55. The first-order chi connectivity index (χ1) is 15.0. The van der Waals surface area contributed by atoms with Crippen molar-refractivity contribution in [1.29, 1.82) is 0 Å². The van der Waals surface area contributed by atoms with Crippen LogP contribution in [0.5, 0.6) is 0 Å². The van der Waals surface area contributed by atoms with Gasteiger partial charge in [-0.25, -0.2) is 0 Å². The third-order valence-electron chi connectivity index (χ3n) is 6.13. The summed E-state index contributed by atoms with van der Waals surface area (Å²) in [5.74, 6) is 0. The second-order valence-corrected chi connectivity index (χ2v) is 9.05. The Morgan fingerprint density at radius 1 is 1.19 bits per heavy atom. The maximum Gasteiger partial charge on any atom is 0.0927 e. The monoisotopic (exact) mass is 412 g/mol. The normalized spacial score (nSPS) is 15.0. The summed E-state index contributed by atoms with van der Waals surface area (Å²) >= 11 is 0. The summed E-state index contributed by atoms with van der Waals surface area (Å²) in [6.45, 7) is 13.6. The second-order valence-electron chi connectivity index (χ2n) is 9.05. The Morgan fingerprint density at radius 2 is 1.97 bits per heavy atom. The molecule has 2 aromatic carbocycles. The van der Waals surface area contributed by atoms with Gasteiger partial charge >= 0.3 is 0 Å². The van der Waals surface area contributed by atoms with E-state index in [1.807, 2.05) is 0 Å². The summed E-state index contributed by atoms with van der Waals surface area (Å²) in [6.07, 6.45) is 2.20. The Kier molecular flexibility index (Phi) is 6.01. The number of aromatic nitrogens is 2. The fourth-order valence-corrected chi connectivity index (χ4v) is 4.38. The molecule has 0 amide bonds. The van der Waals surface area contributed by atoms with E-state index in [9.17, 15) is 0 Å². The average molecular weight is 413 g/mol. The molecule has 31 heavy (non-hydrogen) atoms. The first-order valence-electron chi connectivity index (χ1n) is 11.1. The van der Waals surface area contributed by atoms with Crippen molar-refractivity contribution in [2.24, 2.45) is 5.41 Å². The molecule has 0 bridgehead atoms. The molecule has 0 radical (unpaired) electrons. The van der Waals surface area contributed by atoms with Crippen LogP contribution in [0.25, 0.3) is 17.0 Å². The van der Waals surface area contributed by atoms with E-state index in [4.69, 9.17) is 0 Å². The number of rotatable bonds is 7. The predicted octanol–water partition coefficient (Wildman–Crippen LogP) is 5.79. The van der Waals surface area contributed by atoms with Crippen LogP contribution in [-0.2, 0) is 13.0 Å². The van der Waals surface area contributed by atoms with Crippen LogP contribution in [0.4, 0.5) is 5.69 Å². The smallest absolute Gasteiger partial charge is 0.0927 e. The standard InChI is InChI=1S/C27H32N4/c1-5-20-11-7-8-12-22(20)25-17-21(29-30-25)18-28-24(6-2)23-13-9-10-14-26(23)31-16-15-27(3,4)19-31/h7-14,17,28H,2,5,15-16,18-19H2,1,3-4H3,(H,29,30). The van der Waals surface area contributed by atoms with E-state index in [0.29, 0.717) is 12.0 Å². The molecule has 4 heteroatoms. The molecule has 3 aromatic rings. The minimum absolute atomic E-state index is 0.347. The van der Waals surface area contributed by atoms with Crippen molar-refractivity contribution in [1.82, 2.24) is 15.5 Å². The highest BCUT2D eigenvalue weighted by atomic mass is 15.2. The highest BCUT2D eigenvalue weighted by molar-refractivity contribution is 5.76. The Labute approximate surface area is 185 Å². The van der Waals surface area contributed by atoms with E-state index >= 15 is 0 Å². The number of aryl methyl sites for hydroxylation is 1. The molecular weight excluding hydrogens is 380 g/mol. The fourth-order valence-electron chi connectivity index (χ4n) is 4.38. The molecule has 4 nitrogen and oxygen atoms in total. The number of hydrogen-bond acceptors (Lipinski definition) is 3. The predicted molar refractivity (Wildman–Crippen MR) is 130 cm³/mol. The van der Waals surface area contributed by atoms with E-state index in [2.05, 4.69) is 108 Å². The van der Waals surface area contributed by atoms with E-state index in [0.717, 1.165) is 42.2 Å². The first kappa shape index (κ1) is 21.0. The zero-order valence-electron chi connectivity index (χ0n) is 18.8. The Bertz CT molecular complexity index is 1100. The van der Waals surface area contributed by atoms with Crippen molar-refractivity contribution < 1.29 is 0 Å². The Hall–Kier alpha value is -3.23. The number of nitrogens with zero attached hydrogens (tertiary/aromatic N) is 2. The number of H-pyrrole nitrogens is 1. The first-order valence-corrected chi connectivity index (χ1v) is 11.1. The van der Waals surface area contributed by atoms with Gasteiger partial charge in [0, 0.05) is 29.9 Å². The summed E-state index contributed by atoms with van der Waals surface area (Å²) in [5, 5.41) is 11.3. The summed E-state index contributed by atoms with van der Waals surface area (Å²) in [6, 6.07) is 19.1. The van der Waals surface area contributed by atoms with E-state index in [1.165, 1.54) is 23.2 Å². The van der Waals surface area contributed by atoms with Gasteiger partial charge in [0.15, 0.2) is 0 Å². The third-order valence-corrected chi connectivity index (χ3v) is 6.13. The molecule has 1 aliphatic heterocycles. The number of hydrogen-bond donors (Lipinski definition) is 2. The van der Waals surface area contributed by atoms with E-state index in [1.54, 1.807) is 0 Å². The van der Waals surface area contributed by atoms with Crippen LogP contribution in [-0.4, -0.2) is 23.3 Å². The molecule has 0 unspecified atom stereocenters. The van der Waals surface area contributed by atoms with Crippen molar-refractivity contribution in [2.75, 3.05) is 18.0 Å². The fraction of sp³-hybridized carbons (Fsp3) is 0.333. The van der Waals surface area contributed by atoms with Gasteiger partial charge in [-0.15, -0.1) is 5.73 Å².